The zero-order chi connectivity index (χ0) is 28.1. The number of pyridine rings is 1. The zero-order valence-electron chi connectivity index (χ0n) is 22.7. The molecule has 1 N–H and O–H groups in total. The molecule has 3 aromatic heterocycles. The molecule has 0 atom stereocenters. The van der Waals surface area contributed by atoms with Crippen LogP contribution in [0.15, 0.2) is 105 Å². The van der Waals surface area contributed by atoms with Gasteiger partial charge in [0.05, 0.1) is 25.0 Å². The van der Waals surface area contributed by atoms with E-state index in [1.165, 1.54) is 11.8 Å². The highest BCUT2D eigenvalue weighted by atomic mass is 32.2. The molecule has 0 bridgehead atoms. The zero-order valence-corrected chi connectivity index (χ0v) is 23.5. The lowest BCUT2D eigenvalue weighted by atomic mass is 10.0. The van der Waals surface area contributed by atoms with E-state index in [1.807, 2.05) is 73.8 Å². The highest BCUT2D eigenvalue weighted by Gasteiger charge is 2.28. The first kappa shape index (κ1) is 27.4. The Labute approximate surface area is 237 Å². The van der Waals surface area contributed by atoms with Crippen molar-refractivity contribution in [2.24, 2.45) is 0 Å². The predicted molar refractivity (Wildman–Crippen MR) is 156 cm³/mol. The third kappa shape index (κ3) is 6.70. The Morgan fingerprint density at radius 2 is 1.73 bits per heavy atom. The van der Waals surface area contributed by atoms with Crippen LogP contribution in [0.4, 0.5) is 0 Å². The molecular weight excluding hydrogens is 522 g/mol. The normalized spacial score (nSPS) is 11.7. The third-order valence-corrected chi connectivity index (χ3v) is 7.73. The lowest BCUT2D eigenvalue weighted by Gasteiger charge is -2.21. The van der Waals surface area contributed by atoms with Crippen molar-refractivity contribution >= 4 is 17.7 Å². The second-order valence-corrected chi connectivity index (χ2v) is 11.8. The Bertz CT molecular complexity index is 1560. The molecule has 0 aliphatic carbocycles. The molecule has 0 fully saturated rings. The molecule has 0 radical (unpaired) electrons. The number of furan rings is 1. The summed E-state index contributed by atoms with van der Waals surface area (Å²) in [4.78, 5) is 23.6. The van der Waals surface area contributed by atoms with Crippen molar-refractivity contribution < 1.29 is 18.7 Å². The molecule has 3 heterocycles. The second-order valence-electron chi connectivity index (χ2n) is 10.1. The third-order valence-electron chi connectivity index (χ3n) is 6.54. The van der Waals surface area contributed by atoms with Crippen molar-refractivity contribution in [1.29, 1.82) is 0 Å². The van der Waals surface area contributed by atoms with Crippen molar-refractivity contribution in [2.45, 2.75) is 50.0 Å². The minimum absolute atomic E-state index is 0.546. The van der Waals surface area contributed by atoms with Gasteiger partial charge in [0.25, 0.3) is 0 Å². The number of rotatable bonds is 11. The average molecular weight is 554 g/mol. The van der Waals surface area contributed by atoms with Crippen molar-refractivity contribution in [1.82, 2.24) is 14.9 Å². The molecule has 0 aliphatic rings. The average Bonchev–Trinajstić information content (AvgIpc) is 3.60. The molecular formula is C32H31N3O4S. The van der Waals surface area contributed by atoms with Crippen LogP contribution in [0.5, 0.6) is 0 Å². The Morgan fingerprint density at radius 1 is 0.950 bits per heavy atom. The van der Waals surface area contributed by atoms with Gasteiger partial charge in [-0.25, -0.2) is 4.98 Å². The molecule has 0 aliphatic heterocycles. The maximum Gasteiger partial charge on any atom is 0.319 e. The van der Waals surface area contributed by atoms with Crippen molar-refractivity contribution in [3.05, 3.63) is 114 Å². The SMILES string of the molecule is Cc1nc(-c2cccc(-c3cccnc3)c2)oc1CN(Cc1ccc(SC(C)(C)C(=O)O)cc1)Cc1ccco1. The van der Waals surface area contributed by atoms with Crippen LogP contribution in [-0.4, -0.2) is 30.7 Å². The van der Waals surface area contributed by atoms with Crippen LogP contribution in [0.1, 0.15) is 36.6 Å². The quantitative estimate of drug-likeness (QED) is 0.169. The highest BCUT2D eigenvalue weighted by molar-refractivity contribution is 8.01. The predicted octanol–water partition coefficient (Wildman–Crippen LogP) is 7.46. The lowest BCUT2D eigenvalue weighted by molar-refractivity contribution is -0.138. The van der Waals surface area contributed by atoms with Gasteiger partial charge in [0.15, 0.2) is 0 Å². The van der Waals surface area contributed by atoms with Gasteiger partial charge >= 0.3 is 5.97 Å². The summed E-state index contributed by atoms with van der Waals surface area (Å²) >= 11 is 1.34. The van der Waals surface area contributed by atoms with Crippen molar-refractivity contribution in [2.75, 3.05) is 0 Å². The standard InChI is InChI=1S/C32H31N3O4S/c1-22-29(39-30(34-22)25-8-4-7-24(17-25)26-9-5-15-33-18-26)21-35(20-27-10-6-16-38-27)19-23-11-13-28(14-12-23)40-32(2,3)31(36)37/h4-18H,19-21H2,1-3H3,(H,36,37). The molecule has 8 heteroatoms. The molecule has 0 amide bonds. The van der Waals surface area contributed by atoms with Crippen LogP contribution in [0.2, 0.25) is 0 Å². The van der Waals surface area contributed by atoms with Gasteiger partial charge in [0, 0.05) is 35.0 Å². The highest BCUT2D eigenvalue weighted by Crippen LogP contribution is 2.33. The van der Waals surface area contributed by atoms with Gasteiger partial charge in [-0.05, 0) is 74.4 Å². The summed E-state index contributed by atoms with van der Waals surface area (Å²) in [5.74, 6) is 1.40. The van der Waals surface area contributed by atoms with Gasteiger partial charge in [-0.1, -0.05) is 30.3 Å². The summed E-state index contributed by atoms with van der Waals surface area (Å²) < 4.78 is 11.1. The topological polar surface area (TPSA) is 92.6 Å². The van der Waals surface area contributed by atoms with E-state index < -0.39 is 10.7 Å². The van der Waals surface area contributed by atoms with Crippen LogP contribution >= 0.6 is 11.8 Å². The first-order valence-corrected chi connectivity index (χ1v) is 13.8. The minimum Gasteiger partial charge on any atom is -0.480 e. The van der Waals surface area contributed by atoms with Gasteiger partial charge in [0.1, 0.15) is 16.3 Å². The van der Waals surface area contributed by atoms with Gasteiger partial charge < -0.3 is 13.9 Å². The Balaban J connectivity index is 1.35. The number of carbonyl (C=O) groups is 1. The number of benzene rings is 2. The van der Waals surface area contributed by atoms with Crippen LogP contribution in [-0.2, 0) is 24.4 Å². The van der Waals surface area contributed by atoms with Crippen LogP contribution < -0.4 is 0 Å². The number of thioether (sulfide) groups is 1. The van der Waals surface area contributed by atoms with E-state index in [-0.39, 0.29) is 0 Å². The largest absolute Gasteiger partial charge is 0.480 e. The fourth-order valence-electron chi connectivity index (χ4n) is 4.32. The van der Waals surface area contributed by atoms with E-state index in [2.05, 4.69) is 22.0 Å². The number of aryl methyl sites for hydroxylation is 1. The van der Waals surface area contributed by atoms with Crippen molar-refractivity contribution in [3.63, 3.8) is 0 Å². The number of nitrogens with zero attached hydrogens (tertiary/aromatic N) is 3. The van der Waals surface area contributed by atoms with E-state index in [9.17, 15) is 9.90 Å². The minimum atomic E-state index is -0.897. The fraction of sp³-hybridized carbons (Fsp3) is 0.219. The summed E-state index contributed by atoms with van der Waals surface area (Å²) in [5.41, 5.74) is 4.94. The molecule has 2 aromatic carbocycles. The van der Waals surface area contributed by atoms with Gasteiger partial charge in [-0.3, -0.25) is 14.7 Å². The Morgan fingerprint density at radius 3 is 2.42 bits per heavy atom. The monoisotopic (exact) mass is 553 g/mol. The van der Waals surface area contributed by atoms with Gasteiger partial charge in [0.2, 0.25) is 5.89 Å². The van der Waals surface area contributed by atoms with E-state index >= 15 is 0 Å². The number of oxazole rings is 1. The number of hydrogen-bond acceptors (Lipinski definition) is 7. The number of aliphatic carboxylic acids is 1. The van der Waals surface area contributed by atoms with Gasteiger partial charge in [-0.15, -0.1) is 11.8 Å². The van der Waals surface area contributed by atoms with E-state index in [0.29, 0.717) is 25.5 Å². The maximum atomic E-state index is 11.5. The summed E-state index contributed by atoms with van der Waals surface area (Å²) in [5, 5.41) is 9.45. The summed E-state index contributed by atoms with van der Waals surface area (Å²) in [6.07, 6.45) is 5.28. The molecule has 40 heavy (non-hydrogen) atoms. The fourth-order valence-corrected chi connectivity index (χ4v) is 5.27. The molecule has 7 nitrogen and oxygen atoms in total. The van der Waals surface area contributed by atoms with Crippen LogP contribution in [0.3, 0.4) is 0 Å². The van der Waals surface area contributed by atoms with E-state index in [4.69, 9.17) is 13.8 Å². The molecule has 5 rings (SSSR count). The van der Waals surface area contributed by atoms with Crippen LogP contribution in [0.25, 0.3) is 22.6 Å². The smallest absolute Gasteiger partial charge is 0.319 e. The first-order valence-electron chi connectivity index (χ1n) is 13.0. The number of carboxylic acid groups (broad SMARTS) is 1. The van der Waals surface area contributed by atoms with Gasteiger partial charge in [-0.2, -0.15) is 0 Å². The summed E-state index contributed by atoms with van der Waals surface area (Å²) in [6.45, 7) is 7.19. The molecule has 5 aromatic rings. The molecule has 204 valence electrons. The number of carboxylic acids is 1. The summed E-state index contributed by atoms with van der Waals surface area (Å²) in [7, 11) is 0. The first-order chi connectivity index (χ1) is 19.3. The Hall–Kier alpha value is -4.14. The number of aromatic nitrogens is 2. The summed E-state index contributed by atoms with van der Waals surface area (Å²) in [6, 6.07) is 23.9. The van der Waals surface area contributed by atoms with E-state index in [0.717, 1.165) is 44.4 Å². The molecule has 0 saturated carbocycles. The molecule has 0 unspecified atom stereocenters. The Kier molecular flexibility index (Phi) is 8.19. The van der Waals surface area contributed by atoms with Crippen LogP contribution in [0, 0.1) is 6.92 Å². The maximum absolute atomic E-state index is 11.5. The number of hydrogen-bond donors (Lipinski definition) is 1. The van der Waals surface area contributed by atoms with Crippen molar-refractivity contribution in [3.8, 4) is 22.6 Å². The second kappa shape index (κ2) is 11.9. The molecule has 0 saturated heterocycles. The lowest BCUT2D eigenvalue weighted by Crippen LogP contribution is -2.26. The molecule has 0 spiro atoms. The van der Waals surface area contributed by atoms with E-state index in [1.54, 1.807) is 26.3 Å².